The fourth-order valence-electron chi connectivity index (χ4n) is 0.877. The van der Waals surface area contributed by atoms with E-state index in [4.69, 9.17) is 9.47 Å². The van der Waals surface area contributed by atoms with Crippen LogP contribution < -0.4 is 5.32 Å². The summed E-state index contributed by atoms with van der Waals surface area (Å²) < 4.78 is 10.1. The van der Waals surface area contributed by atoms with Crippen molar-refractivity contribution >= 4 is 17.0 Å². The Balaban J connectivity index is 1.90. The summed E-state index contributed by atoms with van der Waals surface area (Å²) >= 11 is 1.69. The van der Waals surface area contributed by atoms with Gasteiger partial charge in [0, 0.05) is 24.7 Å². The van der Waals surface area contributed by atoms with E-state index in [0.717, 1.165) is 13.2 Å². The van der Waals surface area contributed by atoms with Crippen LogP contribution in [0.1, 0.15) is 0 Å². The van der Waals surface area contributed by atoms with E-state index >= 15 is 0 Å². The average molecular weight is 201 g/mol. The number of rotatable bonds is 7. The normalized spacial score (nSPS) is 10.2. The molecule has 1 heterocycles. The van der Waals surface area contributed by atoms with Crippen LogP contribution >= 0.6 is 11.3 Å². The fraction of sp³-hybridized carbons (Fsp3) is 0.556. The predicted octanol–water partition coefficient (Wildman–Crippen LogP) is 1.82. The van der Waals surface area contributed by atoms with Gasteiger partial charge in [-0.2, -0.15) is 11.3 Å². The zero-order valence-electron chi connectivity index (χ0n) is 7.79. The summed E-state index contributed by atoms with van der Waals surface area (Å²) in [7, 11) is 1.67. The van der Waals surface area contributed by atoms with Crippen LogP contribution in [-0.2, 0) is 9.47 Å². The highest BCUT2D eigenvalue weighted by atomic mass is 32.1. The van der Waals surface area contributed by atoms with E-state index in [1.165, 1.54) is 5.69 Å². The topological polar surface area (TPSA) is 30.5 Å². The van der Waals surface area contributed by atoms with E-state index in [-0.39, 0.29) is 0 Å². The minimum Gasteiger partial charge on any atom is -0.382 e. The van der Waals surface area contributed by atoms with E-state index in [1.807, 2.05) is 5.38 Å². The van der Waals surface area contributed by atoms with Crippen molar-refractivity contribution in [3.05, 3.63) is 16.8 Å². The molecular formula is C9H15NO2S. The van der Waals surface area contributed by atoms with Gasteiger partial charge in [-0.1, -0.05) is 0 Å². The van der Waals surface area contributed by atoms with Crippen molar-refractivity contribution in [1.82, 2.24) is 0 Å². The largest absolute Gasteiger partial charge is 0.382 e. The van der Waals surface area contributed by atoms with Crippen LogP contribution in [0.2, 0.25) is 0 Å². The zero-order valence-corrected chi connectivity index (χ0v) is 8.60. The van der Waals surface area contributed by atoms with E-state index < -0.39 is 0 Å². The third-order valence-electron chi connectivity index (χ3n) is 1.53. The summed E-state index contributed by atoms with van der Waals surface area (Å²) in [5.41, 5.74) is 1.17. The van der Waals surface area contributed by atoms with Gasteiger partial charge >= 0.3 is 0 Å². The lowest BCUT2D eigenvalue weighted by molar-refractivity contribution is 0.0759. The van der Waals surface area contributed by atoms with E-state index in [1.54, 1.807) is 18.4 Å². The molecule has 0 saturated heterocycles. The molecule has 1 aromatic heterocycles. The zero-order chi connectivity index (χ0) is 9.36. The van der Waals surface area contributed by atoms with Crippen molar-refractivity contribution in [2.75, 3.05) is 38.8 Å². The monoisotopic (exact) mass is 201 g/mol. The summed E-state index contributed by atoms with van der Waals surface area (Å²) in [4.78, 5) is 0. The fourth-order valence-corrected chi connectivity index (χ4v) is 1.49. The third kappa shape index (κ3) is 4.87. The third-order valence-corrected chi connectivity index (χ3v) is 2.21. The first-order chi connectivity index (χ1) is 6.43. The first-order valence-corrected chi connectivity index (χ1v) is 5.20. The number of methoxy groups -OCH3 is 1. The first kappa shape index (κ1) is 10.5. The molecule has 0 unspecified atom stereocenters. The molecular weight excluding hydrogens is 186 g/mol. The van der Waals surface area contributed by atoms with Crippen molar-refractivity contribution in [3.8, 4) is 0 Å². The van der Waals surface area contributed by atoms with Gasteiger partial charge in [-0.05, 0) is 11.4 Å². The summed E-state index contributed by atoms with van der Waals surface area (Å²) in [5.74, 6) is 0. The van der Waals surface area contributed by atoms with E-state index in [9.17, 15) is 0 Å². The van der Waals surface area contributed by atoms with Crippen molar-refractivity contribution in [1.29, 1.82) is 0 Å². The Bertz CT molecular complexity index is 201. The summed E-state index contributed by atoms with van der Waals surface area (Å²) in [5, 5.41) is 7.37. The van der Waals surface area contributed by atoms with Gasteiger partial charge < -0.3 is 14.8 Å². The Kier molecular flexibility index (Phi) is 5.56. The number of anilines is 1. The number of hydrogen-bond acceptors (Lipinski definition) is 4. The molecule has 3 nitrogen and oxygen atoms in total. The lowest BCUT2D eigenvalue weighted by Crippen LogP contribution is -2.11. The maximum absolute atomic E-state index is 5.29. The maximum Gasteiger partial charge on any atom is 0.0701 e. The Morgan fingerprint density at radius 2 is 2.31 bits per heavy atom. The molecule has 0 saturated carbocycles. The second-order valence-electron chi connectivity index (χ2n) is 2.54. The highest BCUT2D eigenvalue weighted by molar-refractivity contribution is 7.08. The van der Waals surface area contributed by atoms with Gasteiger partial charge in [0.15, 0.2) is 0 Å². The Hall–Kier alpha value is -0.580. The molecule has 0 bridgehead atoms. The van der Waals surface area contributed by atoms with Crippen LogP contribution in [0.3, 0.4) is 0 Å². The number of thiophene rings is 1. The van der Waals surface area contributed by atoms with Crippen LogP contribution in [0.15, 0.2) is 16.8 Å². The Morgan fingerprint density at radius 3 is 3.00 bits per heavy atom. The molecule has 1 rings (SSSR count). The minimum atomic E-state index is 0.665. The van der Waals surface area contributed by atoms with Gasteiger partial charge in [-0.15, -0.1) is 0 Å². The lowest BCUT2D eigenvalue weighted by Gasteiger charge is -2.04. The van der Waals surface area contributed by atoms with Crippen molar-refractivity contribution in [3.63, 3.8) is 0 Å². The quantitative estimate of drug-likeness (QED) is 0.683. The molecule has 0 amide bonds. The van der Waals surface area contributed by atoms with Crippen LogP contribution in [0, 0.1) is 0 Å². The molecule has 13 heavy (non-hydrogen) atoms. The molecule has 0 aliphatic carbocycles. The van der Waals surface area contributed by atoms with E-state index in [2.05, 4.69) is 16.8 Å². The van der Waals surface area contributed by atoms with Gasteiger partial charge in [-0.25, -0.2) is 0 Å². The molecule has 4 heteroatoms. The van der Waals surface area contributed by atoms with Gasteiger partial charge in [0.1, 0.15) is 0 Å². The maximum atomic E-state index is 5.29. The highest BCUT2D eigenvalue weighted by Gasteiger charge is 1.90. The van der Waals surface area contributed by atoms with E-state index in [0.29, 0.717) is 13.2 Å². The van der Waals surface area contributed by atoms with Gasteiger partial charge in [0.05, 0.1) is 19.8 Å². The second kappa shape index (κ2) is 6.88. The molecule has 74 valence electrons. The number of ether oxygens (including phenoxy) is 2. The minimum absolute atomic E-state index is 0.665. The first-order valence-electron chi connectivity index (χ1n) is 4.26. The van der Waals surface area contributed by atoms with Gasteiger partial charge in [0.2, 0.25) is 0 Å². The van der Waals surface area contributed by atoms with Crippen LogP contribution in [-0.4, -0.2) is 33.5 Å². The number of hydrogen-bond donors (Lipinski definition) is 1. The molecule has 0 aliphatic rings. The van der Waals surface area contributed by atoms with Gasteiger partial charge in [0.25, 0.3) is 0 Å². The van der Waals surface area contributed by atoms with Crippen LogP contribution in [0.4, 0.5) is 5.69 Å². The van der Waals surface area contributed by atoms with Crippen molar-refractivity contribution in [2.24, 2.45) is 0 Å². The highest BCUT2D eigenvalue weighted by Crippen LogP contribution is 2.10. The molecule has 0 spiro atoms. The van der Waals surface area contributed by atoms with Gasteiger partial charge in [-0.3, -0.25) is 0 Å². The molecule has 0 aliphatic heterocycles. The summed E-state index contributed by atoms with van der Waals surface area (Å²) in [6, 6.07) is 2.06. The Morgan fingerprint density at radius 1 is 1.38 bits per heavy atom. The molecule has 0 aromatic carbocycles. The smallest absolute Gasteiger partial charge is 0.0701 e. The second-order valence-corrected chi connectivity index (χ2v) is 3.32. The molecule has 1 aromatic rings. The summed E-state index contributed by atoms with van der Waals surface area (Å²) in [6.07, 6.45) is 0. The van der Waals surface area contributed by atoms with Crippen molar-refractivity contribution < 1.29 is 9.47 Å². The van der Waals surface area contributed by atoms with Crippen LogP contribution in [0.25, 0.3) is 0 Å². The number of nitrogens with one attached hydrogen (secondary N) is 1. The molecule has 0 fully saturated rings. The summed E-state index contributed by atoms with van der Waals surface area (Å²) in [6.45, 7) is 2.90. The standard InChI is InChI=1S/C9H15NO2S/c1-11-5-6-12-4-3-10-9-2-7-13-8-9/h2,7-8,10H,3-6H2,1H3. The van der Waals surface area contributed by atoms with Crippen molar-refractivity contribution in [2.45, 2.75) is 0 Å². The lowest BCUT2D eigenvalue weighted by atomic mass is 10.5. The molecule has 0 atom stereocenters. The average Bonchev–Trinajstić information content (AvgIpc) is 2.63. The Labute approximate surface area is 82.7 Å². The predicted molar refractivity (Wildman–Crippen MR) is 55.5 cm³/mol. The molecule has 1 N–H and O–H groups in total. The molecule has 0 radical (unpaired) electrons. The van der Waals surface area contributed by atoms with Crippen LogP contribution in [0.5, 0.6) is 0 Å². The SMILES string of the molecule is COCCOCCNc1ccsc1.